The second-order valence-corrected chi connectivity index (χ2v) is 5.92. The summed E-state index contributed by atoms with van der Waals surface area (Å²) in [5.41, 5.74) is 3.66. The third-order valence-corrected chi connectivity index (χ3v) is 4.79. The molecule has 3 atom stereocenters. The van der Waals surface area contributed by atoms with Crippen LogP contribution in [0.5, 0.6) is 5.75 Å². The summed E-state index contributed by atoms with van der Waals surface area (Å²) in [4.78, 5) is 0. The quantitative estimate of drug-likeness (QED) is 0.777. The highest BCUT2D eigenvalue weighted by atomic mass is 16.3. The van der Waals surface area contributed by atoms with E-state index in [0.717, 1.165) is 17.7 Å². The van der Waals surface area contributed by atoms with Gasteiger partial charge in [-0.05, 0) is 30.0 Å². The van der Waals surface area contributed by atoms with Gasteiger partial charge in [0.05, 0.1) is 17.3 Å². The van der Waals surface area contributed by atoms with Crippen LogP contribution in [-0.4, -0.2) is 5.11 Å². The molecule has 2 aliphatic rings. The Morgan fingerprint density at radius 3 is 2.73 bits per heavy atom. The number of fused-ring (bicyclic) bond motifs is 3. The molecule has 22 heavy (non-hydrogen) atoms. The van der Waals surface area contributed by atoms with Gasteiger partial charge in [-0.25, -0.2) is 0 Å². The fraction of sp³-hybridized carbons (Fsp3) is 0.211. The van der Waals surface area contributed by atoms with Gasteiger partial charge in [0.1, 0.15) is 11.8 Å². The summed E-state index contributed by atoms with van der Waals surface area (Å²) in [6.45, 7) is 0. The lowest BCUT2D eigenvalue weighted by Gasteiger charge is -2.38. The van der Waals surface area contributed by atoms with Crippen molar-refractivity contribution in [1.82, 2.24) is 0 Å². The molecule has 0 amide bonds. The van der Waals surface area contributed by atoms with Gasteiger partial charge in [-0.2, -0.15) is 5.26 Å². The molecule has 0 fully saturated rings. The minimum absolute atomic E-state index is 0.0169. The smallest absolute Gasteiger partial charge is 0.120 e. The molecule has 0 spiro atoms. The highest BCUT2D eigenvalue weighted by Gasteiger charge is 2.39. The van der Waals surface area contributed by atoms with Crippen molar-refractivity contribution in [3.63, 3.8) is 0 Å². The standard InChI is InChI=1S/C19H16N2O/c20-11-12-5-3-8-14-13-7-4-9-15(13)19(21-18(12)14)16-6-1-2-10-17(16)22/h1-8,10,13,15,19,21-22H,9H2. The summed E-state index contributed by atoms with van der Waals surface area (Å²) >= 11 is 0. The molecule has 1 heterocycles. The van der Waals surface area contributed by atoms with E-state index in [2.05, 4.69) is 29.6 Å². The van der Waals surface area contributed by atoms with E-state index in [1.54, 1.807) is 6.07 Å². The van der Waals surface area contributed by atoms with Gasteiger partial charge in [0, 0.05) is 11.5 Å². The molecule has 1 aliphatic heterocycles. The molecule has 0 saturated heterocycles. The maximum atomic E-state index is 10.2. The van der Waals surface area contributed by atoms with E-state index in [4.69, 9.17) is 0 Å². The number of anilines is 1. The summed E-state index contributed by atoms with van der Waals surface area (Å²) in [7, 11) is 0. The molecule has 108 valence electrons. The van der Waals surface area contributed by atoms with Crippen LogP contribution in [-0.2, 0) is 0 Å². The maximum Gasteiger partial charge on any atom is 0.120 e. The largest absolute Gasteiger partial charge is 0.508 e. The number of allylic oxidation sites excluding steroid dienone is 2. The molecule has 0 radical (unpaired) electrons. The van der Waals surface area contributed by atoms with Crippen LogP contribution in [0.25, 0.3) is 0 Å². The molecule has 0 bridgehead atoms. The number of benzene rings is 2. The van der Waals surface area contributed by atoms with E-state index < -0.39 is 0 Å². The zero-order valence-corrected chi connectivity index (χ0v) is 12.0. The first-order valence-electron chi connectivity index (χ1n) is 7.53. The number of rotatable bonds is 1. The highest BCUT2D eigenvalue weighted by Crippen LogP contribution is 2.51. The van der Waals surface area contributed by atoms with Crippen molar-refractivity contribution >= 4 is 5.69 Å². The van der Waals surface area contributed by atoms with Gasteiger partial charge in [0.15, 0.2) is 0 Å². The van der Waals surface area contributed by atoms with Gasteiger partial charge in [-0.3, -0.25) is 0 Å². The number of nitriles is 1. The lowest BCUT2D eigenvalue weighted by Crippen LogP contribution is -2.29. The monoisotopic (exact) mass is 288 g/mol. The highest BCUT2D eigenvalue weighted by molar-refractivity contribution is 5.68. The number of aromatic hydroxyl groups is 1. The van der Waals surface area contributed by atoms with Crippen LogP contribution >= 0.6 is 0 Å². The molecule has 3 nitrogen and oxygen atoms in total. The van der Waals surface area contributed by atoms with Gasteiger partial charge in [0.25, 0.3) is 0 Å². The molecule has 0 aromatic heterocycles. The van der Waals surface area contributed by atoms with Gasteiger partial charge in [0.2, 0.25) is 0 Å². The number of para-hydroxylation sites is 2. The van der Waals surface area contributed by atoms with Crippen molar-refractivity contribution in [2.45, 2.75) is 18.4 Å². The SMILES string of the molecule is N#Cc1cccc2c1NC(c1ccccc1O)C1CC=CC21. The molecular formula is C19H16N2O. The third kappa shape index (κ3) is 1.81. The van der Waals surface area contributed by atoms with E-state index in [1.165, 1.54) is 5.56 Å². The van der Waals surface area contributed by atoms with Crippen molar-refractivity contribution in [3.05, 3.63) is 71.3 Å². The fourth-order valence-electron chi connectivity index (χ4n) is 3.77. The number of phenolic OH excluding ortho intramolecular Hbond substituents is 1. The van der Waals surface area contributed by atoms with Crippen molar-refractivity contribution in [1.29, 1.82) is 5.26 Å². The topological polar surface area (TPSA) is 56.0 Å². The Morgan fingerprint density at radius 1 is 1.09 bits per heavy atom. The zero-order valence-electron chi connectivity index (χ0n) is 12.0. The van der Waals surface area contributed by atoms with Crippen LogP contribution in [0.3, 0.4) is 0 Å². The Bertz CT molecular complexity index is 803. The van der Waals surface area contributed by atoms with Crippen LogP contribution in [0.2, 0.25) is 0 Å². The average molecular weight is 288 g/mol. The normalized spacial score (nSPS) is 25.0. The lowest BCUT2D eigenvalue weighted by molar-refractivity contribution is 0.402. The lowest BCUT2D eigenvalue weighted by atomic mass is 9.76. The minimum atomic E-state index is 0.0169. The summed E-state index contributed by atoms with van der Waals surface area (Å²) in [5.74, 6) is 0.979. The van der Waals surface area contributed by atoms with Crippen molar-refractivity contribution in [3.8, 4) is 11.8 Å². The van der Waals surface area contributed by atoms with E-state index in [1.807, 2.05) is 30.3 Å². The Hall–Kier alpha value is -2.73. The first-order chi connectivity index (χ1) is 10.8. The van der Waals surface area contributed by atoms with Gasteiger partial charge < -0.3 is 10.4 Å². The van der Waals surface area contributed by atoms with E-state index in [0.29, 0.717) is 23.1 Å². The summed E-state index contributed by atoms with van der Waals surface area (Å²) in [6.07, 6.45) is 5.42. The molecule has 3 unspecified atom stereocenters. The molecule has 2 aromatic rings. The molecular weight excluding hydrogens is 272 g/mol. The Labute approximate surface area is 129 Å². The van der Waals surface area contributed by atoms with Crippen LogP contribution in [0, 0.1) is 17.2 Å². The summed E-state index contributed by atoms with van der Waals surface area (Å²) in [6, 6.07) is 15.6. The molecule has 2 aromatic carbocycles. The molecule has 4 rings (SSSR count). The van der Waals surface area contributed by atoms with Crippen molar-refractivity contribution < 1.29 is 5.11 Å². The van der Waals surface area contributed by atoms with Crippen molar-refractivity contribution in [2.75, 3.05) is 5.32 Å². The third-order valence-electron chi connectivity index (χ3n) is 4.79. The Kier molecular flexibility index (Phi) is 2.90. The molecule has 1 aliphatic carbocycles. The zero-order chi connectivity index (χ0) is 15.1. The fourth-order valence-corrected chi connectivity index (χ4v) is 3.77. The Balaban J connectivity index is 1.87. The minimum Gasteiger partial charge on any atom is -0.508 e. The summed E-state index contributed by atoms with van der Waals surface area (Å²) < 4.78 is 0. The van der Waals surface area contributed by atoms with Crippen molar-refractivity contribution in [2.24, 2.45) is 5.92 Å². The van der Waals surface area contributed by atoms with Crippen LogP contribution in [0.15, 0.2) is 54.6 Å². The number of nitrogens with zero attached hydrogens (tertiary/aromatic N) is 1. The number of phenols is 1. The first kappa shape index (κ1) is 13.0. The predicted octanol–water partition coefficient (Wildman–Crippen LogP) is 4.09. The van der Waals surface area contributed by atoms with Crippen LogP contribution < -0.4 is 5.32 Å². The number of nitrogens with one attached hydrogen (secondary N) is 1. The van der Waals surface area contributed by atoms with E-state index in [-0.39, 0.29) is 6.04 Å². The van der Waals surface area contributed by atoms with Gasteiger partial charge in [-0.1, -0.05) is 42.5 Å². The second kappa shape index (κ2) is 4.92. The second-order valence-electron chi connectivity index (χ2n) is 5.92. The van der Waals surface area contributed by atoms with Crippen LogP contribution in [0.1, 0.15) is 35.1 Å². The average Bonchev–Trinajstić information content (AvgIpc) is 3.04. The van der Waals surface area contributed by atoms with E-state index >= 15 is 0 Å². The van der Waals surface area contributed by atoms with E-state index in [9.17, 15) is 10.4 Å². The number of hydrogen-bond donors (Lipinski definition) is 2. The predicted molar refractivity (Wildman–Crippen MR) is 85.6 cm³/mol. The van der Waals surface area contributed by atoms with Gasteiger partial charge >= 0.3 is 0 Å². The maximum absolute atomic E-state index is 10.2. The Morgan fingerprint density at radius 2 is 1.91 bits per heavy atom. The van der Waals surface area contributed by atoms with Crippen LogP contribution in [0.4, 0.5) is 5.69 Å². The first-order valence-corrected chi connectivity index (χ1v) is 7.53. The van der Waals surface area contributed by atoms with Gasteiger partial charge in [-0.15, -0.1) is 0 Å². The molecule has 3 heteroatoms. The number of hydrogen-bond acceptors (Lipinski definition) is 3. The molecule has 0 saturated carbocycles. The molecule has 2 N–H and O–H groups in total. The summed E-state index contributed by atoms with van der Waals surface area (Å²) in [5, 5.41) is 23.1.